The Labute approximate surface area is 168 Å². The van der Waals surface area contributed by atoms with Gasteiger partial charge >= 0.3 is 0 Å². The molecule has 1 heterocycles. The summed E-state index contributed by atoms with van der Waals surface area (Å²) in [5.74, 6) is 1.18. The quantitative estimate of drug-likeness (QED) is 0.549. The lowest BCUT2D eigenvalue weighted by molar-refractivity contribution is 0.201. The van der Waals surface area contributed by atoms with Gasteiger partial charge in [0.15, 0.2) is 0 Å². The molecule has 5 nitrogen and oxygen atoms in total. The molecule has 0 saturated heterocycles. The summed E-state index contributed by atoms with van der Waals surface area (Å²) >= 11 is 0. The Hall–Kier alpha value is -3.44. The standard InChI is InChI=1S/C24H22N2O3/c1-17-25-22-13-12-20(29-15-14-27)16-21(22)24(28)26(17)23(18-8-4-2-5-9-18)19-10-6-3-7-11-19/h2-13,16,23,27H,14-15H2,1H3. The number of aliphatic hydroxyl groups excluding tert-OH is 1. The van der Waals surface area contributed by atoms with Crippen molar-refractivity contribution in [3.8, 4) is 5.75 Å². The van der Waals surface area contributed by atoms with Crippen LogP contribution in [0.1, 0.15) is 23.0 Å². The van der Waals surface area contributed by atoms with Crippen LogP contribution in [0.5, 0.6) is 5.75 Å². The lowest BCUT2D eigenvalue weighted by Gasteiger charge is -2.23. The summed E-state index contributed by atoms with van der Waals surface area (Å²) in [6.45, 7) is 1.95. The lowest BCUT2D eigenvalue weighted by Crippen LogP contribution is -2.29. The summed E-state index contributed by atoms with van der Waals surface area (Å²) in [7, 11) is 0. The molecule has 0 radical (unpaired) electrons. The van der Waals surface area contributed by atoms with Gasteiger partial charge in [-0.2, -0.15) is 0 Å². The zero-order chi connectivity index (χ0) is 20.2. The van der Waals surface area contributed by atoms with Gasteiger partial charge in [0.05, 0.1) is 23.6 Å². The number of hydrogen-bond acceptors (Lipinski definition) is 4. The van der Waals surface area contributed by atoms with E-state index < -0.39 is 0 Å². The fourth-order valence-electron chi connectivity index (χ4n) is 3.61. The molecule has 0 aliphatic rings. The Morgan fingerprint density at radius 1 is 0.966 bits per heavy atom. The Morgan fingerprint density at radius 2 is 1.59 bits per heavy atom. The minimum atomic E-state index is -0.288. The number of aryl methyl sites for hydroxylation is 1. The van der Waals surface area contributed by atoms with Crippen molar-refractivity contribution in [3.63, 3.8) is 0 Å². The Balaban J connectivity index is 1.94. The molecule has 1 N–H and O–H groups in total. The van der Waals surface area contributed by atoms with Gasteiger partial charge in [0.25, 0.3) is 5.56 Å². The van der Waals surface area contributed by atoms with E-state index in [4.69, 9.17) is 9.84 Å². The van der Waals surface area contributed by atoms with Gasteiger partial charge in [-0.05, 0) is 36.2 Å². The summed E-state index contributed by atoms with van der Waals surface area (Å²) in [5, 5.41) is 9.49. The van der Waals surface area contributed by atoms with E-state index in [-0.39, 0.29) is 24.8 Å². The number of hydrogen-bond donors (Lipinski definition) is 1. The molecule has 4 aromatic rings. The van der Waals surface area contributed by atoms with Crippen molar-refractivity contribution in [1.29, 1.82) is 0 Å². The third-order valence-corrected chi connectivity index (χ3v) is 4.90. The molecule has 29 heavy (non-hydrogen) atoms. The molecule has 0 bridgehead atoms. The van der Waals surface area contributed by atoms with Crippen molar-refractivity contribution in [1.82, 2.24) is 9.55 Å². The SMILES string of the molecule is Cc1nc2ccc(OCCO)cc2c(=O)n1C(c1ccccc1)c1ccccc1. The second kappa shape index (κ2) is 8.29. The Morgan fingerprint density at radius 3 is 2.17 bits per heavy atom. The van der Waals surface area contributed by atoms with Crippen LogP contribution in [-0.4, -0.2) is 27.9 Å². The highest BCUT2D eigenvalue weighted by atomic mass is 16.5. The highest BCUT2D eigenvalue weighted by Crippen LogP contribution is 2.27. The first-order valence-electron chi connectivity index (χ1n) is 9.55. The zero-order valence-electron chi connectivity index (χ0n) is 16.2. The first-order valence-corrected chi connectivity index (χ1v) is 9.55. The van der Waals surface area contributed by atoms with Gasteiger partial charge in [0.1, 0.15) is 18.2 Å². The predicted molar refractivity (Wildman–Crippen MR) is 113 cm³/mol. The lowest BCUT2D eigenvalue weighted by atomic mass is 9.98. The van der Waals surface area contributed by atoms with Crippen molar-refractivity contribution in [2.45, 2.75) is 13.0 Å². The van der Waals surface area contributed by atoms with Crippen LogP contribution in [0.4, 0.5) is 0 Å². The largest absolute Gasteiger partial charge is 0.491 e. The molecule has 5 heteroatoms. The van der Waals surface area contributed by atoms with Crippen LogP contribution in [-0.2, 0) is 0 Å². The molecule has 0 aliphatic carbocycles. The van der Waals surface area contributed by atoms with Crippen LogP contribution in [0.25, 0.3) is 10.9 Å². The van der Waals surface area contributed by atoms with Crippen LogP contribution in [0, 0.1) is 6.92 Å². The van der Waals surface area contributed by atoms with E-state index in [0.29, 0.717) is 22.5 Å². The van der Waals surface area contributed by atoms with Crippen molar-refractivity contribution in [2.75, 3.05) is 13.2 Å². The topological polar surface area (TPSA) is 64.3 Å². The van der Waals surface area contributed by atoms with E-state index in [2.05, 4.69) is 4.98 Å². The van der Waals surface area contributed by atoms with E-state index in [1.54, 1.807) is 22.8 Å². The number of rotatable bonds is 6. The van der Waals surface area contributed by atoms with E-state index in [9.17, 15) is 4.79 Å². The van der Waals surface area contributed by atoms with Crippen LogP contribution in [0.3, 0.4) is 0 Å². The van der Waals surface area contributed by atoms with Crippen molar-refractivity contribution < 1.29 is 9.84 Å². The normalized spacial score (nSPS) is 11.1. The number of fused-ring (bicyclic) bond motifs is 1. The number of nitrogens with zero attached hydrogens (tertiary/aromatic N) is 2. The van der Waals surface area contributed by atoms with E-state index in [1.807, 2.05) is 67.6 Å². The fraction of sp³-hybridized carbons (Fsp3) is 0.167. The maximum atomic E-state index is 13.6. The van der Waals surface area contributed by atoms with Gasteiger partial charge in [0, 0.05) is 0 Å². The van der Waals surface area contributed by atoms with Crippen molar-refractivity contribution in [2.24, 2.45) is 0 Å². The first-order chi connectivity index (χ1) is 14.2. The predicted octanol–water partition coefficient (Wildman–Crippen LogP) is 3.71. The van der Waals surface area contributed by atoms with Gasteiger partial charge in [0.2, 0.25) is 0 Å². The minimum Gasteiger partial charge on any atom is -0.491 e. The number of aliphatic hydroxyl groups is 1. The molecule has 0 spiro atoms. The molecule has 0 saturated carbocycles. The second-order valence-electron chi connectivity index (χ2n) is 6.81. The molecular weight excluding hydrogens is 364 g/mol. The van der Waals surface area contributed by atoms with Crippen LogP contribution in [0.15, 0.2) is 83.7 Å². The Kier molecular flexibility index (Phi) is 5.40. The fourth-order valence-corrected chi connectivity index (χ4v) is 3.61. The van der Waals surface area contributed by atoms with Crippen LogP contribution >= 0.6 is 0 Å². The smallest absolute Gasteiger partial charge is 0.262 e. The third kappa shape index (κ3) is 3.77. The molecule has 3 aromatic carbocycles. The summed E-state index contributed by atoms with van der Waals surface area (Å²) in [6, 6.07) is 24.9. The zero-order valence-corrected chi connectivity index (χ0v) is 16.2. The second-order valence-corrected chi connectivity index (χ2v) is 6.81. The van der Waals surface area contributed by atoms with Gasteiger partial charge in [-0.3, -0.25) is 9.36 Å². The maximum absolute atomic E-state index is 13.6. The molecule has 0 amide bonds. The Bertz CT molecular complexity index is 1130. The summed E-state index contributed by atoms with van der Waals surface area (Å²) in [4.78, 5) is 18.3. The third-order valence-electron chi connectivity index (χ3n) is 4.90. The summed E-state index contributed by atoms with van der Waals surface area (Å²) in [6.07, 6.45) is 0. The molecule has 146 valence electrons. The van der Waals surface area contributed by atoms with Crippen molar-refractivity contribution >= 4 is 10.9 Å². The highest BCUT2D eigenvalue weighted by Gasteiger charge is 2.21. The summed E-state index contributed by atoms with van der Waals surface area (Å²) < 4.78 is 7.23. The number of aromatic nitrogens is 2. The molecule has 4 rings (SSSR count). The number of ether oxygens (including phenoxy) is 1. The van der Waals surface area contributed by atoms with E-state index in [1.165, 1.54) is 0 Å². The van der Waals surface area contributed by atoms with Crippen molar-refractivity contribution in [3.05, 3.63) is 106 Å². The van der Waals surface area contributed by atoms with Crippen LogP contribution < -0.4 is 10.3 Å². The first kappa shape index (κ1) is 18.9. The average Bonchev–Trinajstić information content (AvgIpc) is 2.76. The van der Waals surface area contributed by atoms with Gasteiger partial charge in [-0.25, -0.2) is 4.98 Å². The molecule has 0 fully saturated rings. The summed E-state index contributed by atoms with van der Waals surface area (Å²) in [5.41, 5.74) is 2.52. The highest BCUT2D eigenvalue weighted by molar-refractivity contribution is 5.79. The average molecular weight is 386 g/mol. The minimum absolute atomic E-state index is 0.0848. The molecular formula is C24H22N2O3. The molecule has 0 atom stereocenters. The van der Waals surface area contributed by atoms with Gasteiger partial charge < -0.3 is 9.84 Å². The number of benzene rings is 3. The molecule has 1 aromatic heterocycles. The molecule has 0 unspecified atom stereocenters. The van der Waals surface area contributed by atoms with Crippen LogP contribution in [0.2, 0.25) is 0 Å². The van der Waals surface area contributed by atoms with Gasteiger partial charge in [-0.15, -0.1) is 0 Å². The van der Waals surface area contributed by atoms with E-state index in [0.717, 1.165) is 11.1 Å². The van der Waals surface area contributed by atoms with Gasteiger partial charge in [-0.1, -0.05) is 60.7 Å². The monoisotopic (exact) mass is 386 g/mol. The van der Waals surface area contributed by atoms with E-state index >= 15 is 0 Å². The maximum Gasteiger partial charge on any atom is 0.262 e. The molecule has 0 aliphatic heterocycles.